The maximum atomic E-state index is 13.1. The van der Waals surface area contributed by atoms with Crippen molar-refractivity contribution < 1.29 is 14.3 Å². The molecule has 7 nitrogen and oxygen atoms in total. The summed E-state index contributed by atoms with van der Waals surface area (Å²) in [5.74, 6) is 0.671. The van der Waals surface area contributed by atoms with Gasteiger partial charge in [0.2, 0.25) is 0 Å². The third kappa shape index (κ3) is 5.52. The molecule has 0 aliphatic rings. The zero-order chi connectivity index (χ0) is 24.8. The molecule has 0 unspecified atom stereocenters. The summed E-state index contributed by atoms with van der Waals surface area (Å²) in [5, 5.41) is 4.92. The second-order valence-electron chi connectivity index (χ2n) is 8.08. The molecule has 0 N–H and O–H groups in total. The molecular formula is C28H25N3O4. The van der Waals surface area contributed by atoms with Crippen LogP contribution in [0.4, 0.5) is 0 Å². The van der Waals surface area contributed by atoms with E-state index in [4.69, 9.17) is 9.47 Å². The molecule has 3 aromatic carbocycles. The summed E-state index contributed by atoms with van der Waals surface area (Å²) < 4.78 is 12.2. The number of hydrogen-bond donors (Lipinski definition) is 0. The lowest BCUT2D eigenvalue weighted by atomic mass is 10.2. The first-order chi connectivity index (χ1) is 17.0. The van der Waals surface area contributed by atoms with Crippen molar-refractivity contribution in [1.29, 1.82) is 0 Å². The van der Waals surface area contributed by atoms with E-state index in [1.54, 1.807) is 42.6 Å². The van der Waals surface area contributed by atoms with Crippen molar-refractivity contribution in [3.05, 3.63) is 106 Å². The molecule has 0 saturated carbocycles. The molecule has 7 heteroatoms. The maximum Gasteiger partial charge on any atom is 0.336 e. The molecule has 0 aliphatic heterocycles. The van der Waals surface area contributed by atoms with Gasteiger partial charge in [0.1, 0.15) is 5.82 Å². The topological polar surface area (TPSA) is 82.8 Å². The van der Waals surface area contributed by atoms with Gasteiger partial charge in [-0.3, -0.25) is 4.79 Å². The molecule has 0 spiro atoms. The van der Waals surface area contributed by atoms with E-state index in [0.29, 0.717) is 28.0 Å². The Kier molecular flexibility index (Phi) is 7.16. The van der Waals surface area contributed by atoms with Crippen LogP contribution in [-0.4, -0.2) is 29.0 Å². The minimum Gasteiger partial charge on any atom is -0.493 e. The number of carbonyl (C=O) groups is 1. The molecule has 0 saturated heterocycles. The average molecular weight is 468 g/mol. The monoisotopic (exact) mass is 467 g/mol. The van der Waals surface area contributed by atoms with E-state index >= 15 is 0 Å². The van der Waals surface area contributed by atoms with Crippen LogP contribution in [0, 0.1) is 0 Å². The Balaban J connectivity index is 1.59. The summed E-state index contributed by atoms with van der Waals surface area (Å²) in [5.41, 5.74) is 1.96. The summed E-state index contributed by atoms with van der Waals surface area (Å²) in [4.78, 5) is 29.9. The van der Waals surface area contributed by atoms with Crippen LogP contribution in [0.5, 0.6) is 11.5 Å². The molecule has 35 heavy (non-hydrogen) atoms. The molecule has 176 valence electrons. The molecule has 0 radical (unpaired) electrons. The first-order valence-electron chi connectivity index (χ1n) is 11.2. The maximum absolute atomic E-state index is 13.1. The molecule has 0 aliphatic carbocycles. The van der Waals surface area contributed by atoms with Gasteiger partial charge < -0.3 is 9.47 Å². The van der Waals surface area contributed by atoms with E-state index in [0.717, 1.165) is 5.56 Å². The fourth-order valence-corrected chi connectivity index (χ4v) is 3.47. The Morgan fingerprint density at radius 2 is 1.71 bits per heavy atom. The lowest BCUT2D eigenvalue weighted by Crippen LogP contribution is -2.23. The zero-order valence-electron chi connectivity index (χ0n) is 19.7. The number of carbonyl (C=O) groups excluding carboxylic acids is 1. The van der Waals surface area contributed by atoms with Crippen molar-refractivity contribution >= 4 is 29.2 Å². The largest absolute Gasteiger partial charge is 0.493 e. The van der Waals surface area contributed by atoms with Crippen LogP contribution >= 0.6 is 0 Å². The van der Waals surface area contributed by atoms with Crippen LogP contribution in [0.25, 0.3) is 17.0 Å². The number of aromatic nitrogens is 2. The van der Waals surface area contributed by atoms with Gasteiger partial charge in [-0.15, -0.1) is 0 Å². The first kappa shape index (κ1) is 23.6. The minimum absolute atomic E-state index is 0.00952. The number of rotatable bonds is 7. The highest BCUT2D eigenvalue weighted by atomic mass is 16.6. The predicted octanol–water partition coefficient (Wildman–Crippen LogP) is 5.03. The van der Waals surface area contributed by atoms with E-state index in [1.165, 1.54) is 17.9 Å². The van der Waals surface area contributed by atoms with E-state index < -0.39 is 5.97 Å². The van der Waals surface area contributed by atoms with Gasteiger partial charge in [0.25, 0.3) is 5.56 Å². The van der Waals surface area contributed by atoms with Gasteiger partial charge in [-0.2, -0.15) is 9.78 Å². The van der Waals surface area contributed by atoms with Gasteiger partial charge >= 0.3 is 5.97 Å². The fraction of sp³-hybridized carbons (Fsp3) is 0.143. The van der Waals surface area contributed by atoms with Crippen LogP contribution in [-0.2, 0) is 4.79 Å². The van der Waals surface area contributed by atoms with E-state index in [2.05, 4.69) is 10.1 Å². The molecule has 4 aromatic rings. The molecule has 0 bridgehead atoms. The van der Waals surface area contributed by atoms with Gasteiger partial charge in [0, 0.05) is 12.0 Å². The van der Waals surface area contributed by atoms with E-state index in [-0.39, 0.29) is 17.2 Å². The van der Waals surface area contributed by atoms with Crippen LogP contribution in [0.1, 0.15) is 36.7 Å². The molecule has 0 fully saturated rings. The van der Waals surface area contributed by atoms with Gasteiger partial charge in [0.05, 0.1) is 24.2 Å². The highest BCUT2D eigenvalue weighted by Crippen LogP contribution is 2.28. The standard InChI is InChI=1S/C28H25N3O4/c1-19(2)27-30-23-12-8-7-11-22(23)28(33)31(27)29-18-21-13-15-24(25(17-21)34-3)35-26(32)16-14-20-9-5-4-6-10-20/h4-19H,1-3H3/b16-14+,29-18+. The van der Waals surface area contributed by atoms with Gasteiger partial charge in [-0.05, 0) is 47.5 Å². The van der Waals surface area contributed by atoms with Crippen molar-refractivity contribution in [1.82, 2.24) is 9.66 Å². The lowest BCUT2D eigenvalue weighted by molar-refractivity contribution is -0.129. The Hall–Kier alpha value is -4.52. The molecule has 1 heterocycles. The number of fused-ring (bicyclic) bond motifs is 1. The van der Waals surface area contributed by atoms with Crippen molar-refractivity contribution in [3.8, 4) is 11.5 Å². The Morgan fingerprint density at radius 3 is 2.46 bits per heavy atom. The Labute approximate surface area is 203 Å². The summed E-state index contributed by atoms with van der Waals surface area (Å²) in [6, 6.07) is 21.7. The number of para-hydroxylation sites is 1. The summed E-state index contributed by atoms with van der Waals surface area (Å²) in [6.07, 6.45) is 4.58. The average Bonchev–Trinajstić information content (AvgIpc) is 2.88. The third-order valence-corrected chi connectivity index (χ3v) is 5.23. The summed E-state index contributed by atoms with van der Waals surface area (Å²) in [7, 11) is 1.49. The SMILES string of the molecule is COc1cc(/C=N/n2c(C(C)C)nc3ccccc3c2=O)ccc1OC(=O)/C=C/c1ccccc1. The van der Waals surface area contributed by atoms with Crippen LogP contribution in [0.3, 0.4) is 0 Å². The molecule has 1 aromatic heterocycles. The second kappa shape index (κ2) is 10.6. The van der Waals surface area contributed by atoms with Crippen molar-refractivity contribution in [3.63, 3.8) is 0 Å². The molecular weight excluding hydrogens is 442 g/mol. The number of hydrogen-bond acceptors (Lipinski definition) is 6. The molecule has 0 amide bonds. The zero-order valence-corrected chi connectivity index (χ0v) is 19.7. The molecule has 0 atom stereocenters. The van der Waals surface area contributed by atoms with Crippen molar-refractivity contribution in [2.24, 2.45) is 5.10 Å². The summed E-state index contributed by atoms with van der Waals surface area (Å²) in [6.45, 7) is 3.92. The minimum atomic E-state index is -0.524. The van der Waals surface area contributed by atoms with E-state index in [9.17, 15) is 9.59 Å². The third-order valence-electron chi connectivity index (χ3n) is 5.23. The lowest BCUT2D eigenvalue weighted by Gasteiger charge is -2.12. The van der Waals surface area contributed by atoms with Crippen molar-refractivity contribution in [2.45, 2.75) is 19.8 Å². The van der Waals surface area contributed by atoms with Crippen LogP contribution < -0.4 is 15.0 Å². The smallest absolute Gasteiger partial charge is 0.336 e. The number of esters is 1. The number of ether oxygens (including phenoxy) is 2. The van der Waals surface area contributed by atoms with Gasteiger partial charge in [-0.1, -0.05) is 56.3 Å². The van der Waals surface area contributed by atoms with Crippen molar-refractivity contribution in [2.75, 3.05) is 7.11 Å². The normalized spacial score (nSPS) is 11.5. The second-order valence-corrected chi connectivity index (χ2v) is 8.08. The number of methoxy groups -OCH3 is 1. The fourth-order valence-electron chi connectivity index (χ4n) is 3.47. The predicted molar refractivity (Wildman–Crippen MR) is 137 cm³/mol. The quantitative estimate of drug-likeness (QED) is 0.165. The van der Waals surface area contributed by atoms with Crippen LogP contribution in [0.2, 0.25) is 0 Å². The highest BCUT2D eigenvalue weighted by Gasteiger charge is 2.13. The van der Waals surface area contributed by atoms with E-state index in [1.807, 2.05) is 56.3 Å². The Bertz CT molecular complexity index is 1470. The van der Waals surface area contributed by atoms with Gasteiger partial charge in [0.15, 0.2) is 11.5 Å². The highest BCUT2D eigenvalue weighted by molar-refractivity contribution is 5.89. The first-order valence-corrected chi connectivity index (χ1v) is 11.2. The van der Waals surface area contributed by atoms with Gasteiger partial charge in [-0.25, -0.2) is 9.78 Å². The molecule has 4 rings (SSSR count). The van der Waals surface area contributed by atoms with Crippen LogP contribution in [0.15, 0.2) is 88.8 Å². The number of nitrogens with zero attached hydrogens (tertiary/aromatic N) is 3. The Morgan fingerprint density at radius 1 is 0.971 bits per heavy atom. The summed E-state index contributed by atoms with van der Waals surface area (Å²) >= 11 is 0. The number of benzene rings is 3.